The van der Waals surface area contributed by atoms with E-state index in [0.29, 0.717) is 31.7 Å². The van der Waals surface area contributed by atoms with Crippen molar-refractivity contribution in [3.63, 3.8) is 0 Å². The lowest BCUT2D eigenvalue weighted by molar-refractivity contribution is -0.286. The number of nitrogens with zero attached hydrogens (tertiary/aromatic N) is 1. The number of benzene rings is 1. The van der Waals surface area contributed by atoms with Crippen LogP contribution in [0.15, 0.2) is 18.2 Å². The Kier molecular flexibility index (Phi) is 4.14. The van der Waals surface area contributed by atoms with Crippen LogP contribution < -0.4 is 14.8 Å². The summed E-state index contributed by atoms with van der Waals surface area (Å²) >= 11 is 0. The van der Waals surface area contributed by atoms with E-state index in [9.17, 15) is 17.6 Å². The second-order valence-corrected chi connectivity index (χ2v) is 5.30. The third-order valence-corrected chi connectivity index (χ3v) is 3.80. The summed E-state index contributed by atoms with van der Waals surface area (Å²) in [6.45, 7) is 2.68. The van der Waals surface area contributed by atoms with Gasteiger partial charge in [0, 0.05) is 38.6 Å². The Balaban J connectivity index is 1.85. The van der Waals surface area contributed by atoms with E-state index in [4.69, 9.17) is 0 Å². The van der Waals surface area contributed by atoms with Gasteiger partial charge in [0.25, 0.3) is 0 Å². The predicted molar refractivity (Wildman–Crippen MR) is 70.4 cm³/mol. The van der Waals surface area contributed by atoms with E-state index >= 15 is 0 Å². The van der Waals surface area contributed by atoms with E-state index in [1.165, 1.54) is 12.1 Å². The topological polar surface area (TPSA) is 33.7 Å². The number of piperazine rings is 1. The standard InChI is InChI=1S/C14H16F4N2O2/c15-13(16)8-10(20-5-3-19-4-6-20)9-1-2-11-12(7-9)22-14(17,18)21-11/h1-2,7,10,13,19H,3-6,8H2/t10-/m1/s1. The van der Waals surface area contributed by atoms with Crippen LogP contribution in [0.5, 0.6) is 11.5 Å². The second kappa shape index (κ2) is 5.92. The number of alkyl halides is 4. The van der Waals surface area contributed by atoms with Gasteiger partial charge >= 0.3 is 6.29 Å². The Morgan fingerprint density at radius 3 is 2.50 bits per heavy atom. The van der Waals surface area contributed by atoms with E-state index in [1.54, 1.807) is 6.07 Å². The van der Waals surface area contributed by atoms with Crippen LogP contribution in [0.3, 0.4) is 0 Å². The minimum absolute atomic E-state index is 0.0788. The normalized spacial score (nSPS) is 22.0. The lowest BCUT2D eigenvalue weighted by atomic mass is 10.0. The second-order valence-electron chi connectivity index (χ2n) is 5.30. The van der Waals surface area contributed by atoms with Crippen LogP contribution in [0, 0.1) is 0 Å². The number of hydrogen-bond donors (Lipinski definition) is 1. The molecule has 22 heavy (non-hydrogen) atoms. The van der Waals surface area contributed by atoms with Crippen molar-refractivity contribution >= 4 is 0 Å². The van der Waals surface area contributed by atoms with Crippen LogP contribution in [-0.4, -0.2) is 43.8 Å². The van der Waals surface area contributed by atoms with Crippen LogP contribution in [0.25, 0.3) is 0 Å². The SMILES string of the molecule is FC(F)C[C@H](c1ccc2c(c1)OC(F)(F)O2)N1CCNCC1. The molecule has 0 saturated carbocycles. The maximum absolute atomic E-state index is 13.1. The van der Waals surface area contributed by atoms with Crippen LogP contribution in [0.1, 0.15) is 18.0 Å². The first-order chi connectivity index (χ1) is 10.4. The molecule has 0 spiro atoms. The van der Waals surface area contributed by atoms with Gasteiger partial charge in [-0.15, -0.1) is 8.78 Å². The number of hydrogen-bond acceptors (Lipinski definition) is 4. The highest BCUT2D eigenvalue weighted by atomic mass is 19.3. The lowest BCUT2D eigenvalue weighted by Gasteiger charge is -2.35. The van der Waals surface area contributed by atoms with Gasteiger partial charge in [-0.25, -0.2) is 8.78 Å². The fourth-order valence-electron chi connectivity index (χ4n) is 2.83. The van der Waals surface area contributed by atoms with E-state index in [-0.39, 0.29) is 17.9 Å². The molecule has 8 heteroatoms. The number of ether oxygens (including phenoxy) is 2. The molecule has 0 radical (unpaired) electrons. The van der Waals surface area contributed by atoms with E-state index in [0.717, 1.165) is 0 Å². The Labute approximate surface area is 125 Å². The molecule has 122 valence electrons. The molecule has 0 amide bonds. The van der Waals surface area contributed by atoms with Gasteiger partial charge in [-0.05, 0) is 17.7 Å². The quantitative estimate of drug-likeness (QED) is 0.865. The molecular weight excluding hydrogens is 304 g/mol. The fraction of sp³-hybridized carbons (Fsp3) is 0.571. The minimum Gasteiger partial charge on any atom is -0.395 e. The Morgan fingerprint density at radius 2 is 1.82 bits per heavy atom. The number of nitrogens with one attached hydrogen (secondary N) is 1. The van der Waals surface area contributed by atoms with Gasteiger partial charge in [0.05, 0.1) is 0 Å². The van der Waals surface area contributed by atoms with Crippen LogP contribution in [0.4, 0.5) is 17.6 Å². The monoisotopic (exact) mass is 320 g/mol. The zero-order valence-electron chi connectivity index (χ0n) is 11.7. The van der Waals surface area contributed by atoms with Gasteiger partial charge < -0.3 is 14.8 Å². The van der Waals surface area contributed by atoms with Crippen molar-refractivity contribution < 1.29 is 27.0 Å². The molecule has 1 saturated heterocycles. The first-order valence-corrected chi connectivity index (χ1v) is 7.07. The van der Waals surface area contributed by atoms with Crippen molar-refractivity contribution in [1.29, 1.82) is 0 Å². The van der Waals surface area contributed by atoms with E-state index in [2.05, 4.69) is 14.8 Å². The number of halogens is 4. The molecule has 1 aromatic carbocycles. The van der Waals surface area contributed by atoms with Crippen molar-refractivity contribution in [2.45, 2.75) is 25.2 Å². The number of rotatable bonds is 4. The summed E-state index contributed by atoms with van der Waals surface area (Å²) in [7, 11) is 0. The van der Waals surface area contributed by atoms with Gasteiger partial charge in [-0.1, -0.05) is 6.07 Å². The number of fused-ring (bicyclic) bond motifs is 1. The molecule has 0 unspecified atom stereocenters. The highest BCUT2D eigenvalue weighted by Crippen LogP contribution is 2.43. The van der Waals surface area contributed by atoms with Crippen molar-refractivity contribution in [1.82, 2.24) is 10.2 Å². The molecule has 1 fully saturated rings. The molecular formula is C14H16F4N2O2. The van der Waals surface area contributed by atoms with Gasteiger partial charge in [-0.3, -0.25) is 4.90 Å². The average Bonchev–Trinajstić information content (AvgIpc) is 2.78. The molecule has 2 aliphatic rings. The van der Waals surface area contributed by atoms with Gasteiger partial charge in [0.2, 0.25) is 6.43 Å². The first kappa shape index (κ1) is 15.4. The van der Waals surface area contributed by atoms with Gasteiger partial charge in [0.15, 0.2) is 11.5 Å². The maximum atomic E-state index is 13.1. The Hall–Kier alpha value is -1.54. The summed E-state index contributed by atoms with van der Waals surface area (Å²) < 4.78 is 60.6. The molecule has 1 aromatic rings. The van der Waals surface area contributed by atoms with Crippen molar-refractivity contribution in [2.24, 2.45) is 0 Å². The Bertz CT molecular complexity index is 536. The fourth-order valence-corrected chi connectivity index (χ4v) is 2.83. The third-order valence-electron chi connectivity index (χ3n) is 3.80. The summed E-state index contributed by atoms with van der Waals surface area (Å²) in [6, 6.07) is 3.71. The predicted octanol–water partition coefficient (Wildman–Crippen LogP) is 2.61. The summed E-state index contributed by atoms with van der Waals surface area (Å²) in [5, 5.41) is 3.15. The zero-order valence-corrected chi connectivity index (χ0v) is 11.7. The van der Waals surface area contributed by atoms with Crippen LogP contribution in [-0.2, 0) is 0 Å². The van der Waals surface area contributed by atoms with Crippen molar-refractivity contribution in [2.75, 3.05) is 26.2 Å². The molecule has 0 bridgehead atoms. The minimum atomic E-state index is -3.70. The molecule has 1 atom stereocenters. The van der Waals surface area contributed by atoms with Crippen LogP contribution in [0.2, 0.25) is 0 Å². The van der Waals surface area contributed by atoms with E-state index < -0.39 is 18.8 Å². The highest BCUT2D eigenvalue weighted by molar-refractivity contribution is 5.46. The molecule has 2 heterocycles. The molecule has 3 rings (SSSR count). The third kappa shape index (κ3) is 3.27. The maximum Gasteiger partial charge on any atom is 0.586 e. The molecule has 0 aliphatic carbocycles. The highest BCUT2D eigenvalue weighted by Gasteiger charge is 2.43. The van der Waals surface area contributed by atoms with Gasteiger partial charge in [0.1, 0.15) is 0 Å². The summed E-state index contributed by atoms with van der Waals surface area (Å²) in [4.78, 5) is 1.93. The molecule has 4 nitrogen and oxygen atoms in total. The molecule has 1 N–H and O–H groups in total. The Morgan fingerprint density at radius 1 is 1.14 bits per heavy atom. The van der Waals surface area contributed by atoms with Crippen molar-refractivity contribution in [3.05, 3.63) is 23.8 Å². The lowest BCUT2D eigenvalue weighted by Crippen LogP contribution is -2.45. The van der Waals surface area contributed by atoms with Crippen molar-refractivity contribution in [3.8, 4) is 11.5 Å². The largest absolute Gasteiger partial charge is 0.586 e. The summed E-state index contributed by atoms with van der Waals surface area (Å²) in [5.41, 5.74) is 0.530. The molecule has 2 aliphatic heterocycles. The smallest absolute Gasteiger partial charge is 0.395 e. The van der Waals surface area contributed by atoms with Gasteiger partial charge in [-0.2, -0.15) is 0 Å². The average molecular weight is 320 g/mol. The summed E-state index contributed by atoms with van der Waals surface area (Å²) in [5.74, 6) is -0.193. The first-order valence-electron chi connectivity index (χ1n) is 7.07. The van der Waals surface area contributed by atoms with Crippen LogP contribution >= 0.6 is 0 Å². The molecule has 0 aromatic heterocycles. The summed E-state index contributed by atoms with van der Waals surface area (Å²) in [6.07, 6.45) is -6.53. The zero-order chi connectivity index (χ0) is 15.7. The van der Waals surface area contributed by atoms with E-state index in [1.807, 2.05) is 4.90 Å².